The Hall–Kier alpha value is -1.10. The molecule has 1 saturated heterocycles. The molecule has 1 aromatic carbocycles. The summed E-state index contributed by atoms with van der Waals surface area (Å²) in [5.74, 6) is -0.587. The molecule has 1 heterocycles. The molecule has 5 heteroatoms. The summed E-state index contributed by atoms with van der Waals surface area (Å²) >= 11 is 3.03. The minimum atomic E-state index is -1.13. The van der Waals surface area contributed by atoms with Crippen molar-refractivity contribution in [1.82, 2.24) is 0 Å². The summed E-state index contributed by atoms with van der Waals surface area (Å²) in [6, 6.07) is 2.99. The lowest BCUT2D eigenvalue weighted by Gasteiger charge is -2.20. The van der Waals surface area contributed by atoms with Crippen LogP contribution in [0.1, 0.15) is 24.2 Å². The lowest BCUT2D eigenvalue weighted by molar-refractivity contribution is 0.0695. The summed E-state index contributed by atoms with van der Waals surface area (Å²) in [6.07, 6.45) is 0. The van der Waals surface area contributed by atoms with Gasteiger partial charge in [0.2, 0.25) is 0 Å². The van der Waals surface area contributed by atoms with Gasteiger partial charge in [-0.05, 0) is 39.9 Å². The minimum absolute atomic E-state index is 0.0275. The average Bonchev–Trinajstić information content (AvgIpc) is 2.62. The molecule has 0 aromatic heterocycles. The Balaban J connectivity index is 2.36. The molecular weight excluding hydrogens is 301 g/mol. The van der Waals surface area contributed by atoms with Gasteiger partial charge in [0.15, 0.2) is 5.82 Å². The monoisotopic (exact) mass is 315 g/mol. The fourth-order valence-corrected chi connectivity index (χ4v) is 2.78. The number of benzene rings is 1. The Kier molecular flexibility index (Phi) is 3.61. The van der Waals surface area contributed by atoms with Crippen LogP contribution in [0.5, 0.6) is 0 Å². The first-order valence-electron chi connectivity index (χ1n) is 5.88. The third kappa shape index (κ3) is 2.23. The minimum Gasteiger partial charge on any atom is -0.478 e. The van der Waals surface area contributed by atoms with Crippen LogP contribution in [0.4, 0.5) is 10.1 Å². The second-order valence-corrected chi connectivity index (χ2v) is 5.72. The molecule has 0 aliphatic carbocycles. The fourth-order valence-electron chi connectivity index (χ4n) is 2.28. The van der Waals surface area contributed by atoms with Crippen molar-refractivity contribution in [3.05, 3.63) is 28.0 Å². The summed E-state index contributed by atoms with van der Waals surface area (Å²) in [5, 5.41) is 8.92. The van der Waals surface area contributed by atoms with Crippen molar-refractivity contribution in [2.45, 2.75) is 13.8 Å². The highest BCUT2D eigenvalue weighted by Crippen LogP contribution is 2.34. The molecule has 0 bridgehead atoms. The van der Waals surface area contributed by atoms with E-state index in [0.29, 0.717) is 17.5 Å². The predicted molar refractivity (Wildman–Crippen MR) is 71.6 cm³/mol. The molecule has 3 nitrogen and oxygen atoms in total. The van der Waals surface area contributed by atoms with E-state index in [4.69, 9.17) is 5.11 Å². The Morgan fingerprint density at radius 1 is 1.39 bits per heavy atom. The van der Waals surface area contributed by atoms with Crippen molar-refractivity contribution in [3.63, 3.8) is 0 Å². The van der Waals surface area contributed by atoms with Gasteiger partial charge in [0.25, 0.3) is 0 Å². The number of aromatic carboxylic acids is 1. The van der Waals surface area contributed by atoms with E-state index in [1.54, 1.807) is 6.07 Å². The lowest BCUT2D eigenvalue weighted by atomic mass is 10.0. The molecule has 0 radical (unpaired) electrons. The second kappa shape index (κ2) is 4.88. The van der Waals surface area contributed by atoms with Gasteiger partial charge >= 0.3 is 5.97 Å². The maximum absolute atomic E-state index is 14.2. The van der Waals surface area contributed by atoms with Crippen LogP contribution >= 0.6 is 15.9 Å². The summed E-state index contributed by atoms with van der Waals surface area (Å²) in [4.78, 5) is 12.9. The van der Waals surface area contributed by atoms with E-state index in [2.05, 4.69) is 29.8 Å². The number of anilines is 1. The van der Waals surface area contributed by atoms with Gasteiger partial charge in [0.1, 0.15) is 0 Å². The first-order chi connectivity index (χ1) is 8.41. The molecule has 0 saturated carbocycles. The summed E-state index contributed by atoms with van der Waals surface area (Å²) < 4.78 is 14.2. The van der Waals surface area contributed by atoms with E-state index >= 15 is 0 Å². The third-order valence-corrected chi connectivity index (χ3v) is 4.40. The molecule has 0 spiro atoms. The highest BCUT2D eigenvalue weighted by molar-refractivity contribution is 9.10. The van der Waals surface area contributed by atoms with Crippen molar-refractivity contribution >= 4 is 27.6 Å². The van der Waals surface area contributed by atoms with Gasteiger partial charge in [-0.3, -0.25) is 0 Å². The maximum Gasteiger partial charge on any atom is 0.336 e. The van der Waals surface area contributed by atoms with E-state index in [1.165, 1.54) is 6.07 Å². The van der Waals surface area contributed by atoms with E-state index in [-0.39, 0.29) is 10.0 Å². The zero-order chi connectivity index (χ0) is 13.4. The number of carboxylic acids is 1. The quantitative estimate of drug-likeness (QED) is 0.909. The van der Waals surface area contributed by atoms with Gasteiger partial charge in [-0.1, -0.05) is 13.8 Å². The van der Waals surface area contributed by atoms with Crippen LogP contribution in [0.3, 0.4) is 0 Å². The zero-order valence-corrected chi connectivity index (χ0v) is 11.9. The Morgan fingerprint density at radius 2 is 1.94 bits per heavy atom. The largest absolute Gasteiger partial charge is 0.478 e. The van der Waals surface area contributed by atoms with Crippen LogP contribution in [0.15, 0.2) is 16.6 Å². The number of carboxylic acid groups (broad SMARTS) is 1. The number of halogens is 2. The van der Waals surface area contributed by atoms with Crippen molar-refractivity contribution in [2.24, 2.45) is 11.8 Å². The second-order valence-electron chi connectivity index (χ2n) is 4.92. The van der Waals surface area contributed by atoms with Crippen LogP contribution in [0.2, 0.25) is 0 Å². The molecular formula is C13H15BrFNO2. The molecule has 0 amide bonds. The fraction of sp³-hybridized carbons (Fsp3) is 0.462. The topological polar surface area (TPSA) is 40.5 Å². The highest BCUT2D eigenvalue weighted by atomic mass is 79.9. The number of carbonyl (C=O) groups is 1. The molecule has 1 fully saturated rings. The molecule has 1 N–H and O–H groups in total. The number of hydrogen-bond donors (Lipinski definition) is 1. The molecule has 1 aliphatic heterocycles. The third-order valence-electron chi connectivity index (χ3n) is 3.62. The lowest BCUT2D eigenvalue weighted by Crippen LogP contribution is -2.21. The van der Waals surface area contributed by atoms with Crippen LogP contribution in [0, 0.1) is 17.7 Å². The van der Waals surface area contributed by atoms with Crippen LogP contribution in [0.25, 0.3) is 0 Å². The molecule has 2 rings (SSSR count). The number of hydrogen-bond acceptors (Lipinski definition) is 2. The average molecular weight is 316 g/mol. The van der Waals surface area contributed by atoms with E-state index < -0.39 is 11.8 Å². The number of nitrogens with zero attached hydrogens (tertiary/aromatic N) is 1. The summed E-state index contributed by atoms with van der Waals surface area (Å²) in [7, 11) is 0. The van der Waals surface area contributed by atoms with Gasteiger partial charge < -0.3 is 10.0 Å². The van der Waals surface area contributed by atoms with Crippen molar-refractivity contribution < 1.29 is 14.3 Å². The van der Waals surface area contributed by atoms with Gasteiger partial charge in [-0.2, -0.15) is 0 Å². The summed E-state index contributed by atoms with van der Waals surface area (Å²) in [5.41, 5.74) is 0.430. The van der Waals surface area contributed by atoms with Gasteiger partial charge in [-0.25, -0.2) is 9.18 Å². The molecule has 2 atom stereocenters. The molecule has 2 unspecified atom stereocenters. The molecule has 18 heavy (non-hydrogen) atoms. The predicted octanol–water partition coefficient (Wildman–Crippen LogP) is 3.38. The van der Waals surface area contributed by atoms with Gasteiger partial charge in [0, 0.05) is 13.1 Å². The van der Waals surface area contributed by atoms with Crippen molar-refractivity contribution in [1.29, 1.82) is 0 Å². The Morgan fingerprint density at radius 3 is 2.44 bits per heavy atom. The molecule has 1 aromatic rings. The molecule has 98 valence electrons. The SMILES string of the molecule is CC1CN(c2ccc(C(=O)O)c(Br)c2F)CC1C. The van der Waals surface area contributed by atoms with E-state index in [0.717, 1.165) is 13.1 Å². The zero-order valence-electron chi connectivity index (χ0n) is 10.3. The van der Waals surface area contributed by atoms with Crippen molar-refractivity contribution in [2.75, 3.05) is 18.0 Å². The van der Waals surface area contributed by atoms with Crippen LogP contribution in [-0.4, -0.2) is 24.2 Å². The molecule has 1 aliphatic rings. The smallest absolute Gasteiger partial charge is 0.336 e. The number of rotatable bonds is 2. The van der Waals surface area contributed by atoms with Gasteiger partial charge in [0.05, 0.1) is 15.7 Å². The highest BCUT2D eigenvalue weighted by Gasteiger charge is 2.29. The maximum atomic E-state index is 14.2. The summed E-state index contributed by atoms with van der Waals surface area (Å²) in [6.45, 7) is 5.89. The van der Waals surface area contributed by atoms with Crippen LogP contribution < -0.4 is 4.90 Å². The Labute approximate surface area is 114 Å². The first-order valence-corrected chi connectivity index (χ1v) is 6.67. The standard InChI is InChI=1S/C13H15BrFNO2/c1-7-5-16(6-8(7)2)10-4-3-9(13(17)18)11(14)12(10)15/h3-4,7-8H,5-6H2,1-2H3,(H,17,18). The van der Waals surface area contributed by atoms with Gasteiger partial charge in [-0.15, -0.1) is 0 Å². The normalized spacial score (nSPS) is 23.4. The van der Waals surface area contributed by atoms with E-state index in [1.807, 2.05) is 4.90 Å². The Bertz CT molecular complexity index is 482. The first kappa shape index (κ1) is 13.3. The van der Waals surface area contributed by atoms with E-state index in [9.17, 15) is 9.18 Å². The van der Waals surface area contributed by atoms with Crippen molar-refractivity contribution in [3.8, 4) is 0 Å². The van der Waals surface area contributed by atoms with Crippen LogP contribution in [-0.2, 0) is 0 Å².